The molecule has 2 N–H and O–H groups in total. The van der Waals surface area contributed by atoms with Crippen molar-refractivity contribution in [2.75, 3.05) is 7.11 Å². The number of hydrogen-bond donors (Lipinski definition) is 2. The van der Waals surface area contributed by atoms with Crippen LogP contribution in [0.5, 0.6) is 0 Å². The Morgan fingerprint density at radius 3 is 2.62 bits per heavy atom. The number of aromatic amines is 1. The van der Waals surface area contributed by atoms with Gasteiger partial charge in [0.25, 0.3) is 5.56 Å². The average Bonchev–Trinajstić information content (AvgIpc) is 2.04. The van der Waals surface area contributed by atoms with Gasteiger partial charge in [-0.1, -0.05) is 0 Å². The predicted octanol–water partition coefficient (Wildman–Crippen LogP) is 1.19. The number of rotatable bonds is 1. The van der Waals surface area contributed by atoms with Crippen molar-refractivity contribution in [3.8, 4) is 0 Å². The lowest BCUT2D eigenvalue weighted by atomic mass is 10.3. The summed E-state index contributed by atoms with van der Waals surface area (Å²) < 4.78 is 4.58. The molecule has 6 heteroatoms. The van der Waals surface area contributed by atoms with Crippen molar-refractivity contribution in [3.05, 3.63) is 34.2 Å². The number of H-pyrrole nitrogens is 1. The SMILES string of the molecule is COC(=N)c1ccc[nH]c1=O.Cl.Cl. The fourth-order valence-corrected chi connectivity index (χ4v) is 0.710. The normalized spacial score (nSPS) is 7.77. The Bertz CT molecular complexity index is 324. The van der Waals surface area contributed by atoms with Crippen molar-refractivity contribution >= 4 is 30.7 Å². The van der Waals surface area contributed by atoms with Crippen LogP contribution in [0, 0.1) is 5.41 Å². The van der Waals surface area contributed by atoms with Crippen LogP contribution in [0.2, 0.25) is 0 Å². The fraction of sp³-hybridized carbons (Fsp3) is 0.143. The molecule has 1 rings (SSSR count). The van der Waals surface area contributed by atoms with Crippen LogP contribution in [0.3, 0.4) is 0 Å². The summed E-state index contributed by atoms with van der Waals surface area (Å²) in [5.41, 5.74) is -0.0608. The van der Waals surface area contributed by atoms with E-state index in [1.807, 2.05) is 0 Å². The van der Waals surface area contributed by atoms with Gasteiger partial charge in [-0.2, -0.15) is 0 Å². The Balaban J connectivity index is 0. The van der Waals surface area contributed by atoms with Gasteiger partial charge in [0, 0.05) is 6.20 Å². The second kappa shape index (κ2) is 6.51. The summed E-state index contributed by atoms with van der Waals surface area (Å²) in [6.07, 6.45) is 1.51. The number of methoxy groups -OCH3 is 1. The number of nitrogens with one attached hydrogen (secondary N) is 2. The Kier molecular flexibility index (Phi) is 7.27. The molecule has 0 atom stereocenters. The molecule has 0 saturated heterocycles. The van der Waals surface area contributed by atoms with Crippen molar-refractivity contribution in [3.63, 3.8) is 0 Å². The van der Waals surface area contributed by atoms with E-state index in [4.69, 9.17) is 5.41 Å². The first-order chi connectivity index (χ1) is 5.25. The van der Waals surface area contributed by atoms with Crippen molar-refractivity contribution in [2.45, 2.75) is 0 Å². The van der Waals surface area contributed by atoms with E-state index in [1.165, 1.54) is 19.4 Å². The molecule has 0 fully saturated rings. The Labute approximate surface area is 87.6 Å². The summed E-state index contributed by atoms with van der Waals surface area (Å²) in [6.45, 7) is 0. The van der Waals surface area contributed by atoms with Gasteiger partial charge < -0.3 is 9.72 Å². The van der Waals surface area contributed by atoms with E-state index in [2.05, 4.69) is 9.72 Å². The third-order valence-electron chi connectivity index (χ3n) is 1.27. The minimum atomic E-state index is -0.306. The molecule has 0 aromatic carbocycles. The molecule has 0 aliphatic heterocycles. The van der Waals surface area contributed by atoms with E-state index in [0.717, 1.165) is 0 Å². The van der Waals surface area contributed by atoms with Gasteiger partial charge in [0.1, 0.15) is 5.56 Å². The van der Waals surface area contributed by atoms with Crippen LogP contribution in [0.4, 0.5) is 0 Å². The quantitative estimate of drug-likeness (QED) is 0.556. The average molecular weight is 225 g/mol. The van der Waals surface area contributed by atoms with Crippen LogP contribution in [-0.2, 0) is 4.74 Å². The highest BCUT2D eigenvalue weighted by Crippen LogP contribution is 1.90. The van der Waals surface area contributed by atoms with Crippen LogP contribution < -0.4 is 5.56 Å². The zero-order chi connectivity index (χ0) is 8.27. The molecular weight excluding hydrogens is 215 g/mol. The maximum atomic E-state index is 10.9. The lowest BCUT2D eigenvalue weighted by Gasteiger charge is -1.98. The molecule has 0 amide bonds. The maximum Gasteiger partial charge on any atom is 0.260 e. The van der Waals surface area contributed by atoms with Crippen LogP contribution >= 0.6 is 24.8 Å². The van der Waals surface area contributed by atoms with E-state index < -0.39 is 0 Å². The molecule has 0 aliphatic rings. The van der Waals surface area contributed by atoms with Crippen molar-refractivity contribution in [1.29, 1.82) is 5.41 Å². The molecule has 1 aromatic rings. The second-order valence-corrected chi connectivity index (χ2v) is 1.95. The second-order valence-electron chi connectivity index (χ2n) is 1.95. The summed E-state index contributed by atoms with van der Waals surface area (Å²) >= 11 is 0. The minimum Gasteiger partial charge on any atom is -0.481 e. The van der Waals surface area contributed by atoms with Crippen molar-refractivity contribution in [2.24, 2.45) is 0 Å². The van der Waals surface area contributed by atoms with Gasteiger partial charge in [-0.25, -0.2) is 0 Å². The number of hydrogen-bond acceptors (Lipinski definition) is 3. The highest BCUT2D eigenvalue weighted by Gasteiger charge is 2.03. The Morgan fingerprint density at radius 2 is 2.15 bits per heavy atom. The van der Waals surface area contributed by atoms with E-state index in [9.17, 15) is 4.79 Å². The highest BCUT2D eigenvalue weighted by atomic mass is 35.5. The molecule has 0 spiro atoms. The Hall–Kier alpha value is -1.000. The molecule has 0 unspecified atom stereocenters. The molecule has 1 aromatic heterocycles. The van der Waals surface area contributed by atoms with E-state index in [1.54, 1.807) is 6.07 Å². The smallest absolute Gasteiger partial charge is 0.260 e. The summed E-state index contributed by atoms with van der Waals surface area (Å²) in [5, 5.41) is 7.18. The molecule has 74 valence electrons. The first-order valence-corrected chi connectivity index (χ1v) is 3.06. The van der Waals surface area contributed by atoms with Crippen molar-refractivity contribution in [1.82, 2.24) is 4.98 Å². The lowest BCUT2D eigenvalue weighted by molar-refractivity contribution is 0.400. The number of aromatic nitrogens is 1. The van der Waals surface area contributed by atoms with Crippen LogP contribution in [0.25, 0.3) is 0 Å². The highest BCUT2D eigenvalue weighted by molar-refractivity contribution is 5.90. The van der Waals surface area contributed by atoms with Crippen molar-refractivity contribution < 1.29 is 4.74 Å². The Morgan fingerprint density at radius 1 is 1.54 bits per heavy atom. The minimum absolute atomic E-state index is 0. The van der Waals surface area contributed by atoms with Gasteiger partial charge in [0.2, 0.25) is 5.90 Å². The number of pyridine rings is 1. The maximum absolute atomic E-state index is 10.9. The largest absolute Gasteiger partial charge is 0.481 e. The van der Waals surface area contributed by atoms with E-state index in [0.29, 0.717) is 0 Å². The summed E-state index contributed by atoms with van der Waals surface area (Å²) in [7, 11) is 1.36. The van der Waals surface area contributed by atoms with Gasteiger partial charge in [0.15, 0.2) is 0 Å². The molecule has 0 radical (unpaired) electrons. The third kappa shape index (κ3) is 3.48. The first-order valence-electron chi connectivity index (χ1n) is 3.06. The topological polar surface area (TPSA) is 65.9 Å². The van der Waals surface area contributed by atoms with Gasteiger partial charge in [0.05, 0.1) is 7.11 Å². The number of ether oxygens (including phenoxy) is 1. The van der Waals surface area contributed by atoms with Crippen LogP contribution in [0.1, 0.15) is 5.56 Å². The monoisotopic (exact) mass is 224 g/mol. The molecule has 13 heavy (non-hydrogen) atoms. The molecule has 0 aliphatic carbocycles. The van der Waals surface area contributed by atoms with Gasteiger partial charge >= 0.3 is 0 Å². The summed E-state index contributed by atoms with van der Waals surface area (Å²) in [6, 6.07) is 3.18. The number of halogens is 2. The lowest BCUT2D eigenvalue weighted by Crippen LogP contribution is -2.17. The third-order valence-corrected chi connectivity index (χ3v) is 1.27. The van der Waals surface area contributed by atoms with E-state index in [-0.39, 0.29) is 41.8 Å². The molecule has 4 nitrogen and oxygen atoms in total. The predicted molar refractivity (Wildman–Crippen MR) is 55.4 cm³/mol. The molecule has 0 saturated carbocycles. The molecular formula is C7H10Cl2N2O2. The van der Waals surface area contributed by atoms with Gasteiger partial charge in [-0.3, -0.25) is 10.2 Å². The molecule has 0 bridgehead atoms. The van der Waals surface area contributed by atoms with Crippen LogP contribution in [-0.4, -0.2) is 18.0 Å². The summed E-state index contributed by atoms with van der Waals surface area (Å²) in [5.74, 6) is -0.119. The standard InChI is InChI=1S/C7H8N2O2.2ClH/c1-11-6(8)5-3-2-4-9-7(5)10;;/h2-4,8H,1H3,(H,9,10);2*1H. The van der Waals surface area contributed by atoms with Gasteiger partial charge in [-0.15, -0.1) is 24.8 Å². The molecule has 1 heterocycles. The zero-order valence-electron chi connectivity index (χ0n) is 6.87. The zero-order valence-corrected chi connectivity index (χ0v) is 8.50. The first kappa shape index (κ1) is 14.5. The van der Waals surface area contributed by atoms with Crippen LogP contribution in [0.15, 0.2) is 23.1 Å². The fourth-order valence-electron chi connectivity index (χ4n) is 0.710. The van der Waals surface area contributed by atoms with E-state index >= 15 is 0 Å². The van der Waals surface area contributed by atoms with Gasteiger partial charge in [-0.05, 0) is 12.1 Å². The summed E-state index contributed by atoms with van der Waals surface area (Å²) in [4.78, 5) is 13.4.